The van der Waals surface area contributed by atoms with Crippen LogP contribution in [0.15, 0.2) is 24.3 Å². The van der Waals surface area contributed by atoms with Crippen LogP contribution in [0, 0.1) is 0 Å². The topological polar surface area (TPSA) is 108 Å². The van der Waals surface area contributed by atoms with E-state index < -0.39 is 35.2 Å². The lowest BCUT2D eigenvalue weighted by Gasteiger charge is -2.33. The number of ether oxygens (including phenoxy) is 1. The number of thioether (sulfide) groups is 1. The second kappa shape index (κ2) is 11.4. The van der Waals surface area contributed by atoms with Gasteiger partial charge in [0, 0.05) is 12.6 Å². The van der Waals surface area contributed by atoms with Gasteiger partial charge in [-0.25, -0.2) is 4.79 Å². The van der Waals surface area contributed by atoms with E-state index in [1.807, 2.05) is 27.0 Å². The molecule has 0 aliphatic carbocycles. The molecule has 32 heavy (non-hydrogen) atoms. The average Bonchev–Trinajstić information content (AvgIpc) is 2.61. The number of carbonyl (C=O) groups is 3. The van der Waals surface area contributed by atoms with Crippen LogP contribution in [-0.4, -0.2) is 64.2 Å². The van der Waals surface area contributed by atoms with Gasteiger partial charge in [0.15, 0.2) is 0 Å². The van der Waals surface area contributed by atoms with Crippen molar-refractivity contribution in [2.24, 2.45) is 0 Å². The smallest absolute Gasteiger partial charge is 0.408 e. The number of aromatic hydroxyl groups is 1. The highest BCUT2D eigenvalue weighted by Crippen LogP contribution is 2.25. The van der Waals surface area contributed by atoms with Crippen LogP contribution in [0.2, 0.25) is 0 Å². The fraction of sp³-hybridized carbons (Fsp3) is 0.609. The Labute approximate surface area is 195 Å². The molecule has 0 fully saturated rings. The maximum Gasteiger partial charge on any atom is 0.408 e. The Bertz CT molecular complexity index is 802. The molecule has 0 spiro atoms. The van der Waals surface area contributed by atoms with Crippen molar-refractivity contribution < 1.29 is 24.2 Å². The van der Waals surface area contributed by atoms with E-state index in [1.54, 1.807) is 44.7 Å². The Balaban J connectivity index is 3.24. The predicted molar refractivity (Wildman–Crippen MR) is 128 cm³/mol. The van der Waals surface area contributed by atoms with Crippen LogP contribution in [-0.2, 0) is 14.3 Å². The molecule has 0 aliphatic heterocycles. The van der Waals surface area contributed by atoms with Crippen molar-refractivity contribution in [2.45, 2.75) is 71.2 Å². The monoisotopic (exact) mass is 467 g/mol. The Morgan fingerprint density at radius 2 is 1.78 bits per heavy atom. The third-order valence-corrected chi connectivity index (χ3v) is 4.91. The van der Waals surface area contributed by atoms with Crippen LogP contribution in [0.5, 0.6) is 5.75 Å². The number of amides is 3. The number of benzene rings is 1. The number of alkyl carbamates (subject to hydrolysis) is 1. The van der Waals surface area contributed by atoms with Crippen LogP contribution < -0.4 is 10.6 Å². The number of carbonyl (C=O) groups excluding carboxylic acids is 3. The number of nitrogens with zero attached hydrogens (tertiary/aromatic N) is 1. The summed E-state index contributed by atoms with van der Waals surface area (Å²) in [5.74, 6) is -0.199. The second-order valence-corrected chi connectivity index (χ2v) is 10.7. The predicted octanol–water partition coefficient (Wildman–Crippen LogP) is 3.45. The molecule has 0 aromatic heterocycles. The Morgan fingerprint density at radius 1 is 1.16 bits per heavy atom. The van der Waals surface area contributed by atoms with Crippen molar-refractivity contribution >= 4 is 29.7 Å². The van der Waals surface area contributed by atoms with Crippen molar-refractivity contribution in [3.63, 3.8) is 0 Å². The van der Waals surface area contributed by atoms with Gasteiger partial charge in [0.25, 0.3) is 0 Å². The molecular formula is C23H37N3O5S. The van der Waals surface area contributed by atoms with Crippen LogP contribution >= 0.6 is 11.8 Å². The normalized spacial score (nSPS) is 13.6. The van der Waals surface area contributed by atoms with Gasteiger partial charge in [-0.3, -0.25) is 9.59 Å². The van der Waals surface area contributed by atoms with Gasteiger partial charge in [0.05, 0.1) is 0 Å². The van der Waals surface area contributed by atoms with E-state index in [0.29, 0.717) is 17.7 Å². The molecule has 0 saturated heterocycles. The van der Waals surface area contributed by atoms with Gasteiger partial charge >= 0.3 is 6.09 Å². The molecule has 0 heterocycles. The van der Waals surface area contributed by atoms with Crippen molar-refractivity contribution in [2.75, 3.05) is 19.1 Å². The molecule has 3 amide bonds. The average molecular weight is 468 g/mol. The number of hydrogen-bond donors (Lipinski definition) is 3. The number of hydrogen-bond acceptors (Lipinski definition) is 6. The van der Waals surface area contributed by atoms with Crippen LogP contribution in [0.4, 0.5) is 4.79 Å². The zero-order chi connectivity index (χ0) is 24.7. The lowest BCUT2D eigenvalue weighted by atomic mass is 10.0. The first-order valence-electron chi connectivity index (χ1n) is 10.5. The summed E-state index contributed by atoms with van der Waals surface area (Å²) >= 11 is 1.55. The number of rotatable bonds is 8. The highest BCUT2D eigenvalue weighted by atomic mass is 32.2. The lowest BCUT2D eigenvalue weighted by molar-refractivity contribution is -0.141. The second-order valence-electron chi connectivity index (χ2n) is 9.67. The van der Waals surface area contributed by atoms with E-state index >= 15 is 0 Å². The van der Waals surface area contributed by atoms with Gasteiger partial charge < -0.3 is 25.4 Å². The molecule has 1 aromatic carbocycles. The number of phenols is 1. The number of nitrogens with one attached hydrogen (secondary N) is 2. The zero-order valence-corrected chi connectivity index (χ0v) is 21.1. The Morgan fingerprint density at radius 3 is 2.28 bits per heavy atom. The Hall–Kier alpha value is -2.42. The van der Waals surface area contributed by atoms with E-state index in [-0.39, 0.29) is 11.7 Å². The summed E-state index contributed by atoms with van der Waals surface area (Å²) in [7, 11) is 1.52. The molecule has 3 N–H and O–H groups in total. The van der Waals surface area contributed by atoms with Crippen LogP contribution in [0.3, 0.4) is 0 Å². The molecule has 1 aromatic rings. The third-order valence-electron chi connectivity index (χ3n) is 4.27. The number of phenolic OH excluding ortho intramolecular Hbond substituents is 1. The van der Waals surface area contributed by atoms with Gasteiger partial charge in [0.1, 0.15) is 23.4 Å². The summed E-state index contributed by atoms with van der Waals surface area (Å²) in [6.45, 7) is 10.8. The highest BCUT2D eigenvalue weighted by molar-refractivity contribution is 7.98. The van der Waals surface area contributed by atoms with Crippen LogP contribution in [0.1, 0.15) is 59.6 Å². The van der Waals surface area contributed by atoms with E-state index in [9.17, 15) is 19.5 Å². The number of likely N-dealkylation sites (N-methyl/N-ethyl adjacent to an activating group) is 1. The molecule has 0 aliphatic rings. The molecule has 180 valence electrons. The molecular weight excluding hydrogens is 430 g/mol. The Kier molecular flexibility index (Phi) is 9.88. The summed E-state index contributed by atoms with van der Waals surface area (Å²) in [4.78, 5) is 40.2. The summed E-state index contributed by atoms with van der Waals surface area (Å²) < 4.78 is 5.31. The zero-order valence-electron chi connectivity index (χ0n) is 20.3. The molecule has 9 heteroatoms. The van der Waals surface area contributed by atoms with E-state index in [2.05, 4.69) is 10.6 Å². The largest absolute Gasteiger partial charge is 0.508 e. The minimum Gasteiger partial charge on any atom is -0.508 e. The minimum atomic E-state index is -0.994. The third kappa shape index (κ3) is 9.38. The van der Waals surface area contributed by atoms with E-state index in [0.717, 1.165) is 0 Å². The van der Waals surface area contributed by atoms with Gasteiger partial charge in [0.2, 0.25) is 11.8 Å². The standard InChI is InChI=1S/C23H37N3O5S/c1-22(2,3)25-19(28)18(15-10-9-11-16(27)14-15)26(7)20(29)17(12-13-32-8)24-21(30)31-23(4,5)6/h9-11,14,17-18,27H,12-13H2,1-8H3,(H,24,30)(H,25,28). The summed E-state index contributed by atoms with van der Waals surface area (Å²) in [5.41, 5.74) is -0.772. The highest BCUT2D eigenvalue weighted by Gasteiger charge is 2.35. The van der Waals surface area contributed by atoms with Gasteiger partial charge in [-0.2, -0.15) is 11.8 Å². The van der Waals surface area contributed by atoms with Crippen molar-refractivity contribution in [3.8, 4) is 5.75 Å². The summed E-state index contributed by atoms with van der Waals surface area (Å²) in [6, 6.07) is 4.37. The molecule has 2 unspecified atom stereocenters. The van der Waals surface area contributed by atoms with Crippen molar-refractivity contribution in [1.29, 1.82) is 0 Å². The summed E-state index contributed by atoms with van der Waals surface area (Å²) in [5, 5.41) is 15.5. The molecule has 0 radical (unpaired) electrons. The quantitative estimate of drug-likeness (QED) is 0.540. The maximum absolute atomic E-state index is 13.4. The van der Waals surface area contributed by atoms with E-state index in [4.69, 9.17) is 4.74 Å². The molecule has 1 rings (SSSR count). The van der Waals surface area contributed by atoms with Crippen LogP contribution in [0.25, 0.3) is 0 Å². The molecule has 0 saturated carbocycles. The summed E-state index contributed by atoms with van der Waals surface area (Å²) in [6.07, 6.45) is 1.58. The molecule has 8 nitrogen and oxygen atoms in total. The van der Waals surface area contributed by atoms with Gasteiger partial charge in [-0.15, -0.1) is 0 Å². The SMILES string of the molecule is CSCCC(NC(=O)OC(C)(C)C)C(=O)N(C)C(C(=O)NC(C)(C)C)c1cccc(O)c1. The van der Waals surface area contributed by atoms with Gasteiger partial charge in [-0.1, -0.05) is 12.1 Å². The molecule has 2 atom stereocenters. The van der Waals surface area contributed by atoms with Crippen molar-refractivity contribution in [1.82, 2.24) is 15.5 Å². The molecule has 0 bridgehead atoms. The van der Waals surface area contributed by atoms with Gasteiger partial charge in [-0.05, 0) is 77.7 Å². The maximum atomic E-state index is 13.4. The fourth-order valence-electron chi connectivity index (χ4n) is 3.00. The first kappa shape index (κ1) is 27.6. The van der Waals surface area contributed by atoms with E-state index in [1.165, 1.54) is 24.1 Å². The lowest BCUT2D eigenvalue weighted by Crippen LogP contribution is -2.53. The van der Waals surface area contributed by atoms with Crippen molar-refractivity contribution in [3.05, 3.63) is 29.8 Å². The first-order valence-corrected chi connectivity index (χ1v) is 11.9. The fourth-order valence-corrected chi connectivity index (χ4v) is 3.47. The minimum absolute atomic E-state index is 0.0114. The first-order chi connectivity index (χ1) is 14.6.